The normalized spacial score (nSPS) is 30.7. The topological polar surface area (TPSA) is 25.8 Å². The zero-order valence-corrected chi connectivity index (χ0v) is 19.5. The number of aromatic nitrogens is 2. The van der Waals surface area contributed by atoms with Crippen LogP contribution in [0.25, 0.3) is 20.3 Å². The van der Waals surface area contributed by atoms with E-state index in [1.54, 1.807) is 16.2 Å². The van der Waals surface area contributed by atoms with Gasteiger partial charge in [-0.3, -0.25) is 0 Å². The maximum Gasteiger partial charge on any atom is 0.128 e. The molecule has 3 aromatic rings. The van der Waals surface area contributed by atoms with Gasteiger partial charge in [-0.05, 0) is 53.1 Å². The number of rotatable bonds is 1. The van der Waals surface area contributed by atoms with Gasteiger partial charge in [-0.2, -0.15) is 0 Å². The molecule has 30 heavy (non-hydrogen) atoms. The molecule has 6 rings (SSSR count). The summed E-state index contributed by atoms with van der Waals surface area (Å²) in [7, 11) is 0. The first kappa shape index (κ1) is 18.8. The predicted octanol–water partition coefficient (Wildman–Crippen LogP) is 7.76. The van der Waals surface area contributed by atoms with Crippen molar-refractivity contribution in [1.82, 2.24) is 9.97 Å². The van der Waals surface area contributed by atoms with Gasteiger partial charge in [-0.15, -0.1) is 11.3 Å². The summed E-state index contributed by atoms with van der Waals surface area (Å²) >= 11 is 3.86. The molecule has 3 aliphatic rings. The number of nitrogens with zero attached hydrogens (tertiary/aromatic N) is 2. The molecule has 0 saturated heterocycles. The largest absolute Gasteiger partial charge is 0.237 e. The van der Waals surface area contributed by atoms with Crippen LogP contribution >= 0.6 is 23.1 Å². The van der Waals surface area contributed by atoms with E-state index in [1.165, 1.54) is 31.6 Å². The summed E-state index contributed by atoms with van der Waals surface area (Å²) in [5, 5.41) is 2.60. The van der Waals surface area contributed by atoms with Crippen molar-refractivity contribution in [3.05, 3.63) is 69.4 Å². The number of hydrogen-bond donors (Lipinski definition) is 0. The lowest BCUT2D eigenvalue weighted by Gasteiger charge is -2.43. The Morgan fingerprint density at radius 1 is 1.10 bits per heavy atom. The van der Waals surface area contributed by atoms with Crippen molar-refractivity contribution in [3.8, 4) is 0 Å². The van der Waals surface area contributed by atoms with E-state index in [0.29, 0.717) is 17.8 Å². The molecule has 2 aliphatic carbocycles. The van der Waals surface area contributed by atoms with Gasteiger partial charge in [0, 0.05) is 26.8 Å². The van der Waals surface area contributed by atoms with E-state index < -0.39 is 0 Å². The molecule has 4 unspecified atom stereocenters. The number of aryl methyl sites for hydroxylation is 1. The Morgan fingerprint density at radius 3 is 2.80 bits per heavy atom. The molecule has 0 N–H and O–H groups in total. The van der Waals surface area contributed by atoms with Crippen LogP contribution in [0.3, 0.4) is 0 Å². The highest BCUT2D eigenvalue weighted by atomic mass is 32.2. The second kappa shape index (κ2) is 6.54. The molecule has 3 heterocycles. The lowest BCUT2D eigenvalue weighted by molar-refractivity contribution is 0.281. The van der Waals surface area contributed by atoms with Crippen molar-refractivity contribution in [2.45, 2.75) is 46.5 Å². The summed E-state index contributed by atoms with van der Waals surface area (Å²) in [5.41, 5.74) is 2.80. The van der Waals surface area contributed by atoms with Crippen molar-refractivity contribution in [2.75, 3.05) is 0 Å². The summed E-state index contributed by atoms with van der Waals surface area (Å²) in [5.74, 6) is 2.40. The van der Waals surface area contributed by atoms with Gasteiger partial charge in [0.2, 0.25) is 0 Å². The lowest BCUT2D eigenvalue weighted by atomic mass is 9.60. The quantitative estimate of drug-likeness (QED) is 0.394. The maximum atomic E-state index is 5.17. The number of thiophene rings is 1. The second-order valence-electron chi connectivity index (χ2n) is 9.31. The van der Waals surface area contributed by atoms with Crippen molar-refractivity contribution >= 4 is 43.4 Å². The summed E-state index contributed by atoms with van der Waals surface area (Å²) < 4.78 is 1.31. The maximum absolute atomic E-state index is 5.17. The van der Waals surface area contributed by atoms with E-state index >= 15 is 0 Å². The third-order valence-electron chi connectivity index (χ3n) is 7.32. The summed E-state index contributed by atoms with van der Waals surface area (Å²) in [6.45, 7) is 9.33. The van der Waals surface area contributed by atoms with Gasteiger partial charge in [0.15, 0.2) is 0 Å². The third-order valence-corrected chi connectivity index (χ3v) is 10.0. The molecular weight excluding hydrogens is 404 g/mol. The Bertz CT molecular complexity index is 1300. The zero-order valence-electron chi connectivity index (χ0n) is 17.9. The highest BCUT2D eigenvalue weighted by Crippen LogP contribution is 2.67. The first-order chi connectivity index (χ1) is 14.5. The van der Waals surface area contributed by atoms with Crippen molar-refractivity contribution in [3.63, 3.8) is 0 Å². The van der Waals surface area contributed by atoms with Crippen LogP contribution in [0.15, 0.2) is 57.9 Å². The van der Waals surface area contributed by atoms with E-state index in [9.17, 15) is 0 Å². The van der Waals surface area contributed by atoms with Gasteiger partial charge in [0.25, 0.3) is 0 Å². The molecule has 2 aromatic heterocycles. The number of allylic oxidation sites excluding steroid dienone is 6. The van der Waals surface area contributed by atoms with E-state index in [0.717, 1.165) is 23.5 Å². The molecule has 0 radical (unpaired) electrons. The van der Waals surface area contributed by atoms with Crippen LogP contribution in [0.1, 0.15) is 51.0 Å². The number of hydrogen-bond acceptors (Lipinski definition) is 4. The fourth-order valence-electron chi connectivity index (χ4n) is 5.89. The van der Waals surface area contributed by atoms with Crippen LogP contribution in [0.2, 0.25) is 0 Å². The van der Waals surface area contributed by atoms with Crippen LogP contribution in [-0.2, 0) is 0 Å². The molecule has 0 spiro atoms. The van der Waals surface area contributed by atoms with Gasteiger partial charge in [-0.1, -0.05) is 69.0 Å². The van der Waals surface area contributed by atoms with Gasteiger partial charge < -0.3 is 0 Å². The second-order valence-corrected chi connectivity index (χ2v) is 11.4. The molecule has 1 aromatic carbocycles. The van der Waals surface area contributed by atoms with E-state index in [1.807, 2.05) is 11.8 Å². The first-order valence-electron chi connectivity index (χ1n) is 10.9. The SMILES string of the molecule is Cc1nc(C2C(C)CC=C3SC4=C(C=CCC4C)C32C)c2c(n1)sc1ccccc12. The zero-order chi connectivity index (χ0) is 20.6. The smallest absolute Gasteiger partial charge is 0.128 e. The summed E-state index contributed by atoms with van der Waals surface area (Å²) in [6, 6.07) is 8.74. The van der Waals surface area contributed by atoms with Gasteiger partial charge in [-0.25, -0.2) is 9.97 Å². The van der Waals surface area contributed by atoms with Gasteiger partial charge in [0.05, 0.1) is 5.69 Å². The molecule has 1 aliphatic heterocycles. The van der Waals surface area contributed by atoms with Crippen LogP contribution in [-0.4, -0.2) is 9.97 Å². The van der Waals surface area contributed by atoms with Crippen LogP contribution in [0, 0.1) is 24.2 Å². The highest BCUT2D eigenvalue weighted by molar-refractivity contribution is 8.07. The highest BCUT2D eigenvalue weighted by Gasteiger charge is 2.52. The molecule has 0 saturated carbocycles. The summed E-state index contributed by atoms with van der Waals surface area (Å²) in [6.07, 6.45) is 9.59. The monoisotopic (exact) mass is 430 g/mol. The lowest BCUT2D eigenvalue weighted by Crippen LogP contribution is -2.35. The van der Waals surface area contributed by atoms with Crippen molar-refractivity contribution < 1.29 is 0 Å². The number of benzene rings is 1. The Labute approximate surface area is 186 Å². The summed E-state index contributed by atoms with van der Waals surface area (Å²) in [4.78, 5) is 14.3. The van der Waals surface area contributed by atoms with Crippen LogP contribution < -0.4 is 0 Å². The van der Waals surface area contributed by atoms with Gasteiger partial charge >= 0.3 is 0 Å². The first-order valence-corrected chi connectivity index (χ1v) is 12.6. The average molecular weight is 431 g/mol. The number of thioether (sulfide) groups is 1. The van der Waals surface area contributed by atoms with E-state index in [2.05, 4.69) is 70.2 Å². The fraction of sp³-hybridized carbons (Fsp3) is 0.385. The third kappa shape index (κ3) is 2.44. The standard InChI is InChI=1S/C26H26N2S2/c1-14-12-13-20-26(4,18-10-7-8-15(2)24(18)30-20)22(14)23-21-17-9-5-6-11-19(17)29-25(21)28-16(3)27-23/h5-7,9-11,13-15,22H,8,12H2,1-4H3. The minimum absolute atomic E-state index is 0.000387. The van der Waals surface area contributed by atoms with Gasteiger partial charge in [0.1, 0.15) is 10.7 Å². The number of fused-ring (bicyclic) bond motifs is 5. The fourth-order valence-corrected chi connectivity index (χ4v) is 8.57. The predicted molar refractivity (Wildman–Crippen MR) is 130 cm³/mol. The van der Waals surface area contributed by atoms with Crippen LogP contribution in [0.4, 0.5) is 0 Å². The van der Waals surface area contributed by atoms with E-state index in [-0.39, 0.29) is 5.41 Å². The van der Waals surface area contributed by atoms with Crippen molar-refractivity contribution in [1.29, 1.82) is 0 Å². The Hall–Kier alpha value is -1.91. The molecule has 0 bridgehead atoms. The Balaban J connectivity index is 1.66. The Kier molecular flexibility index (Phi) is 4.11. The molecule has 4 heteroatoms. The molecule has 2 nitrogen and oxygen atoms in total. The average Bonchev–Trinajstić information content (AvgIpc) is 3.23. The molecule has 0 amide bonds. The van der Waals surface area contributed by atoms with E-state index in [4.69, 9.17) is 9.97 Å². The van der Waals surface area contributed by atoms with Crippen LogP contribution in [0.5, 0.6) is 0 Å². The van der Waals surface area contributed by atoms with Crippen molar-refractivity contribution in [2.24, 2.45) is 17.3 Å². The molecule has 0 fully saturated rings. The Morgan fingerprint density at radius 2 is 1.93 bits per heavy atom. The molecular formula is C26H26N2S2. The molecule has 4 atom stereocenters. The minimum Gasteiger partial charge on any atom is -0.237 e. The molecule has 152 valence electrons. The minimum atomic E-state index is -0.000387.